The highest BCUT2D eigenvalue weighted by Crippen LogP contribution is 2.28. The number of nitrogens with one attached hydrogen (secondary N) is 1. The van der Waals surface area contributed by atoms with Crippen molar-refractivity contribution in [3.63, 3.8) is 0 Å². The van der Waals surface area contributed by atoms with Gasteiger partial charge in [-0.25, -0.2) is 0 Å². The van der Waals surface area contributed by atoms with Crippen LogP contribution in [0.5, 0.6) is 5.75 Å². The Hall–Kier alpha value is -2.97. The second-order valence-corrected chi connectivity index (χ2v) is 9.39. The lowest BCUT2D eigenvalue weighted by Crippen LogP contribution is -2.61. The predicted octanol–water partition coefficient (Wildman–Crippen LogP) is 2.42. The van der Waals surface area contributed by atoms with Crippen LogP contribution in [-0.4, -0.2) is 78.6 Å². The van der Waals surface area contributed by atoms with E-state index in [-0.39, 0.29) is 11.8 Å². The van der Waals surface area contributed by atoms with E-state index in [1.807, 2.05) is 43.4 Å². The van der Waals surface area contributed by atoms with Gasteiger partial charge in [0.05, 0.1) is 25.4 Å². The van der Waals surface area contributed by atoms with Crippen molar-refractivity contribution < 1.29 is 19.1 Å². The molecule has 8 nitrogen and oxygen atoms in total. The van der Waals surface area contributed by atoms with Gasteiger partial charge in [0.25, 0.3) is 5.91 Å². The number of para-hydroxylation sites is 1. The van der Waals surface area contributed by atoms with Crippen LogP contribution < -0.4 is 10.1 Å². The number of carbonyl (C=O) groups is 2. The number of fused-ring (bicyclic) bond motifs is 1. The molecule has 0 aliphatic carbocycles. The molecule has 8 heteroatoms. The number of ether oxygens (including phenoxy) is 2. The molecule has 0 radical (unpaired) electrons. The normalized spacial score (nSPS) is 21.4. The second-order valence-electron chi connectivity index (χ2n) is 9.39. The molecule has 4 rings (SSSR count). The van der Waals surface area contributed by atoms with E-state index >= 15 is 0 Å². The number of aryl methyl sites for hydroxylation is 1. The van der Waals surface area contributed by atoms with Gasteiger partial charge in [-0.2, -0.15) is 0 Å². The number of hydrogen-bond donors (Lipinski definition) is 1. The molecule has 0 saturated carbocycles. The lowest BCUT2D eigenvalue weighted by atomic mass is 9.91. The summed E-state index contributed by atoms with van der Waals surface area (Å²) in [6.45, 7) is 3.27. The number of morpholine rings is 1. The van der Waals surface area contributed by atoms with E-state index in [2.05, 4.69) is 21.3 Å². The monoisotopic (exact) mass is 480 g/mol. The van der Waals surface area contributed by atoms with Crippen molar-refractivity contribution in [2.45, 2.75) is 44.2 Å². The van der Waals surface area contributed by atoms with Crippen LogP contribution in [0.1, 0.15) is 36.9 Å². The molecule has 1 atom stereocenters. The summed E-state index contributed by atoms with van der Waals surface area (Å²) >= 11 is 0. The lowest BCUT2D eigenvalue weighted by molar-refractivity contribution is -0.168. The van der Waals surface area contributed by atoms with E-state index in [0.717, 1.165) is 30.7 Å². The van der Waals surface area contributed by atoms with Crippen molar-refractivity contribution >= 4 is 11.8 Å². The van der Waals surface area contributed by atoms with Gasteiger partial charge >= 0.3 is 0 Å². The minimum atomic E-state index is -1.01. The molecule has 188 valence electrons. The minimum Gasteiger partial charge on any atom is -0.491 e. The Morgan fingerprint density at radius 2 is 2.03 bits per heavy atom. The first-order chi connectivity index (χ1) is 17.1. The Labute approximate surface area is 207 Å². The maximum atomic E-state index is 13.2. The number of rotatable bonds is 5. The molecule has 2 aromatic rings. The maximum absolute atomic E-state index is 13.2. The first-order valence-electron chi connectivity index (χ1n) is 12.5. The molecular formula is C27H36N4O4. The third-order valence-corrected chi connectivity index (χ3v) is 6.71. The average molecular weight is 481 g/mol. The molecule has 0 bridgehead atoms. The standard InChI is InChI=1S/C27H36N4O4/c1-30(20-23-10-5-7-14-28-23)16-12-25(32)31-17-19-35-27(21-31)13-6-4-9-22-8-2-3-11-24(22)34-18-15-29-26(27)33/h2-3,5,7-8,10-11,14H,4,6,9,12-13,15-21H2,1H3,(H,29,33). The van der Waals surface area contributed by atoms with Crippen molar-refractivity contribution in [3.05, 3.63) is 59.9 Å². The summed E-state index contributed by atoms with van der Waals surface area (Å²) in [5.41, 5.74) is 1.15. The highest BCUT2D eigenvalue weighted by atomic mass is 16.5. The zero-order chi connectivity index (χ0) is 24.5. The van der Waals surface area contributed by atoms with Crippen LogP contribution in [0.2, 0.25) is 0 Å². The number of pyridine rings is 1. The molecular weight excluding hydrogens is 444 g/mol. The molecule has 3 heterocycles. The molecule has 1 aromatic carbocycles. The number of nitrogens with zero attached hydrogens (tertiary/aromatic N) is 3. The number of amides is 2. The molecule has 1 N–H and O–H groups in total. The van der Waals surface area contributed by atoms with Crippen molar-refractivity contribution in [1.82, 2.24) is 20.1 Å². The number of benzene rings is 1. The summed E-state index contributed by atoms with van der Waals surface area (Å²) in [7, 11) is 1.99. The van der Waals surface area contributed by atoms with E-state index < -0.39 is 5.60 Å². The van der Waals surface area contributed by atoms with E-state index in [0.29, 0.717) is 58.8 Å². The third-order valence-electron chi connectivity index (χ3n) is 6.71. The van der Waals surface area contributed by atoms with Crippen LogP contribution in [0.25, 0.3) is 0 Å². The van der Waals surface area contributed by atoms with Crippen molar-refractivity contribution in [2.24, 2.45) is 0 Å². The van der Waals surface area contributed by atoms with E-state index in [1.54, 1.807) is 11.1 Å². The Morgan fingerprint density at radius 1 is 1.17 bits per heavy atom. The fourth-order valence-corrected chi connectivity index (χ4v) is 4.75. The van der Waals surface area contributed by atoms with Crippen LogP contribution in [0, 0.1) is 0 Å². The van der Waals surface area contributed by atoms with Crippen LogP contribution in [0.15, 0.2) is 48.7 Å². The predicted molar refractivity (Wildman–Crippen MR) is 133 cm³/mol. The average Bonchev–Trinajstić information content (AvgIpc) is 2.88. The van der Waals surface area contributed by atoms with Gasteiger partial charge in [-0.15, -0.1) is 0 Å². The smallest absolute Gasteiger partial charge is 0.254 e. The van der Waals surface area contributed by atoms with Crippen LogP contribution >= 0.6 is 0 Å². The maximum Gasteiger partial charge on any atom is 0.254 e. The fraction of sp³-hybridized carbons (Fsp3) is 0.519. The van der Waals surface area contributed by atoms with Crippen molar-refractivity contribution in [3.8, 4) is 5.75 Å². The summed E-state index contributed by atoms with van der Waals surface area (Å²) < 4.78 is 12.0. The molecule has 2 aliphatic rings. The molecule has 1 spiro atoms. The highest BCUT2D eigenvalue weighted by Gasteiger charge is 2.44. The van der Waals surface area contributed by atoms with Gasteiger partial charge in [0.1, 0.15) is 12.4 Å². The van der Waals surface area contributed by atoms with Gasteiger partial charge in [0, 0.05) is 32.3 Å². The largest absolute Gasteiger partial charge is 0.491 e. The Morgan fingerprint density at radius 3 is 2.89 bits per heavy atom. The summed E-state index contributed by atoms with van der Waals surface area (Å²) in [6, 6.07) is 13.9. The number of carbonyl (C=O) groups excluding carboxylic acids is 2. The summed E-state index contributed by atoms with van der Waals surface area (Å²) in [5.74, 6) is 0.784. The summed E-state index contributed by atoms with van der Waals surface area (Å²) in [5, 5.41) is 2.99. The number of aromatic nitrogens is 1. The summed E-state index contributed by atoms with van der Waals surface area (Å²) in [4.78, 5) is 34.6. The third kappa shape index (κ3) is 6.80. The first kappa shape index (κ1) is 25.1. The molecule has 1 fully saturated rings. The van der Waals surface area contributed by atoms with Crippen LogP contribution in [0.3, 0.4) is 0 Å². The number of hydrogen-bond acceptors (Lipinski definition) is 6. The quantitative estimate of drug-likeness (QED) is 0.708. The van der Waals surface area contributed by atoms with Gasteiger partial charge in [0.15, 0.2) is 5.60 Å². The van der Waals surface area contributed by atoms with Gasteiger partial charge in [-0.3, -0.25) is 14.6 Å². The van der Waals surface area contributed by atoms with Gasteiger partial charge in [0.2, 0.25) is 5.91 Å². The highest BCUT2D eigenvalue weighted by molar-refractivity contribution is 5.87. The topological polar surface area (TPSA) is 84.0 Å². The molecule has 1 aromatic heterocycles. The second kappa shape index (κ2) is 12.1. The van der Waals surface area contributed by atoms with Gasteiger partial charge in [-0.1, -0.05) is 24.3 Å². The zero-order valence-electron chi connectivity index (χ0n) is 20.6. The van der Waals surface area contributed by atoms with Crippen molar-refractivity contribution in [1.29, 1.82) is 0 Å². The summed E-state index contributed by atoms with van der Waals surface area (Å²) in [6.07, 6.45) is 5.40. The Bertz CT molecular complexity index is 986. The van der Waals surface area contributed by atoms with Gasteiger partial charge < -0.3 is 24.6 Å². The fourth-order valence-electron chi connectivity index (χ4n) is 4.75. The van der Waals surface area contributed by atoms with Crippen LogP contribution in [0.4, 0.5) is 0 Å². The Kier molecular flexibility index (Phi) is 8.71. The first-order valence-corrected chi connectivity index (χ1v) is 12.5. The molecule has 1 unspecified atom stereocenters. The molecule has 2 aliphatic heterocycles. The van der Waals surface area contributed by atoms with E-state index in [1.165, 1.54) is 5.56 Å². The molecule has 2 amide bonds. The van der Waals surface area contributed by atoms with Crippen LogP contribution in [-0.2, 0) is 27.3 Å². The molecule has 1 saturated heterocycles. The van der Waals surface area contributed by atoms with Gasteiger partial charge in [-0.05, 0) is 56.5 Å². The minimum absolute atomic E-state index is 0.0525. The zero-order valence-corrected chi connectivity index (χ0v) is 20.6. The SMILES string of the molecule is CN(CCC(=O)N1CCOC2(CCCCc3ccccc3OCCNC2=O)C1)Cc1ccccn1. The molecule has 35 heavy (non-hydrogen) atoms. The Balaban J connectivity index is 1.35. The van der Waals surface area contributed by atoms with Crippen molar-refractivity contribution in [2.75, 3.05) is 46.4 Å². The van der Waals surface area contributed by atoms with E-state index in [4.69, 9.17) is 9.47 Å². The lowest BCUT2D eigenvalue weighted by Gasteiger charge is -2.42. The van der Waals surface area contributed by atoms with E-state index in [9.17, 15) is 9.59 Å².